The number of aromatic nitrogens is 3. The number of hydrogen-bond acceptors (Lipinski definition) is 11. The summed E-state index contributed by atoms with van der Waals surface area (Å²) in [6, 6.07) is 34.5. The molecule has 0 unspecified atom stereocenters. The molecular formula is C62H68F2N10O5. The first-order valence-electron chi connectivity index (χ1n) is 27.1. The van der Waals surface area contributed by atoms with E-state index in [-0.39, 0.29) is 56.9 Å². The highest BCUT2D eigenvalue weighted by Gasteiger charge is 2.52. The molecule has 1 saturated heterocycles. The Balaban J connectivity index is 0.613. The van der Waals surface area contributed by atoms with Gasteiger partial charge in [-0.1, -0.05) is 104 Å². The van der Waals surface area contributed by atoms with Crippen molar-refractivity contribution in [2.24, 2.45) is 12.0 Å². The summed E-state index contributed by atoms with van der Waals surface area (Å²) in [5, 5.41) is 28.4. The van der Waals surface area contributed by atoms with Crippen LogP contribution in [-0.2, 0) is 52.6 Å². The molecule has 10 rings (SSSR count). The summed E-state index contributed by atoms with van der Waals surface area (Å²) in [4.78, 5) is 53.2. The monoisotopic (exact) mass is 1070 g/mol. The van der Waals surface area contributed by atoms with Crippen molar-refractivity contribution in [2.75, 3.05) is 57.8 Å². The summed E-state index contributed by atoms with van der Waals surface area (Å²) in [7, 11) is 1.89. The highest BCUT2D eigenvalue weighted by molar-refractivity contribution is 6.01. The molecule has 0 radical (unpaired) electrons. The lowest BCUT2D eigenvalue weighted by atomic mass is 9.90. The molecule has 4 heterocycles. The Morgan fingerprint density at radius 1 is 0.810 bits per heavy atom. The maximum absolute atomic E-state index is 14.1. The Hall–Kier alpha value is -7.86. The number of piperidine rings is 1. The SMILES string of the molecule is C=C1c2nn(C)c(-c3ccc(CNCC(=O)NCCOCCNC(=O)c4cccc(-c5nc(NC(=O)C6(c7ccc8c(c7)CC(F)(F)C8)CC6)ccc5C)c4)cc3)c2N=CN1CC1(O)CCN(C(=C)CCc2ccccc2)CC1. The van der Waals surface area contributed by atoms with Crippen molar-refractivity contribution >= 4 is 41.3 Å². The molecule has 15 nitrogen and oxygen atoms in total. The molecule has 2 aliphatic heterocycles. The number of aliphatic hydroxyl groups is 1. The number of amides is 3. The van der Waals surface area contributed by atoms with Crippen LogP contribution in [0.4, 0.5) is 20.3 Å². The molecule has 79 heavy (non-hydrogen) atoms. The van der Waals surface area contributed by atoms with Gasteiger partial charge in [-0.3, -0.25) is 19.1 Å². The molecule has 5 N–H and O–H groups in total. The zero-order valence-electron chi connectivity index (χ0n) is 44.9. The Labute approximate surface area is 459 Å². The molecular weight excluding hydrogens is 1000 g/mol. The quantitative estimate of drug-likeness (QED) is 0.0415. The van der Waals surface area contributed by atoms with Crippen molar-refractivity contribution in [3.8, 4) is 22.5 Å². The summed E-state index contributed by atoms with van der Waals surface area (Å²) in [5.74, 6) is -3.07. The van der Waals surface area contributed by atoms with Gasteiger partial charge in [0, 0.05) is 75.0 Å². The lowest BCUT2D eigenvalue weighted by molar-refractivity contribution is -0.120. The van der Waals surface area contributed by atoms with Gasteiger partial charge >= 0.3 is 0 Å². The van der Waals surface area contributed by atoms with Gasteiger partial charge in [0.25, 0.3) is 11.8 Å². The van der Waals surface area contributed by atoms with Gasteiger partial charge < -0.3 is 40.9 Å². The van der Waals surface area contributed by atoms with Crippen LogP contribution in [0.2, 0.25) is 0 Å². The molecule has 17 heteroatoms. The van der Waals surface area contributed by atoms with Gasteiger partial charge in [0.2, 0.25) is 11.8 Å². The van der Waals surface area contributed by atoms with Gasteiger partial charge in [-0.25, -0.2) is 18.8 Å². The predicted molar refractivity (Wildman–Crippen MR) is 303 cm³/mol. The number of alkyl halides is 2. The summed E-state index contributed by atoms with van der Waals surface area (Å²) in [6.07, 6.45) is 5.49. The van der Waals surface area contributed by atoms with Gasteiger partial charge in [0.05, 0.1) is 60.7 Å². The lowest BCUT2D eigenvalue weighted by Crippen LogP contribution is -2.50. The van der Waals surface area contributed by atoms with E-state index in [0.717, 1.165) is 65.3 Å². The van der Waals surface area contributed by atoms with Crippen LogP contribution in [0.3, 0.4) is 0 Å². The average Bonchev–Trinajstić information content (AvgIpc) is 4.33. The molecule has 0 bridgehead atoms. The normalized spacial score (nSPS) is 16.5. The number of allylic oxidation sites excluding steroid dienone is 1. The van der Waals surface area contributed by atoms with E-state index in [2.05, 4.69) is 63.6 Å². The fourth-order valence-electron chi connectivity index (χ4n) is 10.9. The number of nitrogens with zero attached hydrogens (tertiary/aromatic N) is 6. The van der Waals surface area contributed by atoms with Crippen molar-refractivity contribution in [1.29, 1.82) is 0 Å². The van der Waals surface area contributed by atoms with E-state index in [1.807, 2.05) is 66.0 Å². The van der Waals surface area contributed by atoms with Gasteiger partial charge in [0.15, 0.2) is 0 Å². The van der Waals surface area contributed by atoms with E-state index in [1.165, 1.54) is 5.56 Å². The second kappa shape index (κ2) is 23.2. The maximum atomic E-state index is 14.1. The number of fused-ring (bicyclic) bond motifs is 2. The van der Waals surface area contributed by atoms with Crippen LogP contribution in [0, 0.1) is 6.92 Å². The standard InChI is InChI=1S/C62H68F2N10O5/c1-41-13-22-52(70-59(77)61(23-24-61)51-21-20-49-35-62(63,64)36-50(49)34-51)69-54(41)47-11-8-12-48(33-47)58(76)67-28-32-79-31-27-66-53(75)38-65-37-45-16-18-46(19-17-45)57-56-55(71-72(57)4)43(3)74(40-68-56)39-60(78)25-29-73(30-26-60)42(2)14-15-44-9-6-5-7-10-44/h5-13,16-22,33-34,40,65,78H,2-3,14-15,23-32,35-39H2,1,4H3,(H,66,75)(H,67,76)(H,69,70,77). The van der Waals surface area contributed by atoms with E-state index >= 15 is 0 Å². The predicted octanol–water partition coefficient (Wildman–Crippen LogP) is 8.43. The number of hydrogen-bond donors (Lipinski definition) is 5. The van der Waals surface area contributed by atoms with Gasteiger partial charge in [0.1, 0.15) is 17.2 Å². The molecule has 0 atom stereocenters. The number of β-amino-alcohol motifs (C(OH)–C–C–N with tert-alkyl or cyclic N) is 1. The topological polar surface area (TPSA) is 178 Å². The molecule has 1 saturated carbocycles. The number of rotatable bonds is 22. The van der Waals surface area contributed by atoms with Crippen LogP contribution in [0.5, 0.6) is 0 Å². The minimum atomic E-state index is -2.76. The van der Waals surface area contributed by atoms with E-state index < -0.39 is 16.9 Å². The second-order valence-corrected chi connectivity index (χ2v) is 21.4. The number of ether oxygens (including phenoxy) is 1. The Morgan fingerprint density at radius 3 is 2.32 bits per heavy atom. The fraction of sp³-hybridized carbons (Fsp3) is 0.355. The summed E-state index contributed by atoms with van der Waals surface area (Å²) in [5.41, 5.74) is 10.2. The zero-order valence-corrected chi connectivity index (χ0v) is 44.9. The molecule has 2 fully saturated rings. The van der Waals surface area contributed by atoms with Crippen LogP contribution in [0.15, 0.2) is 133 Å². The summed E-state index contributed by atoms with van der Waals surface area (Å²) in [6.45, 7) is 14.2. The highest BCUT2D eigenvalue weighted by atomic mass is 19.3. The Kier molecular flexibility index (Phi) is 16.0. The first-order valence-corrected chi connectivity index (χ1v) is 27.1. The molecule has 2 aliphatic carbocycles. The van der Waals surface area contributed by atoms with Crippen molar-refractivity contribution in [3.63, 3.8) is 0 Å². The largest absolute Gasteiger partial charge is 0.388 e. The van der Waals surface area contributed by atoms with Crippen LogP contribution in [0.1, 0.15) is 81.5 Å². The van der Waals surface area contributed by atoms with Gasteiger partial charge in [-0.2, -0.15) is 5.10 Å². The summed E-state index contributed by atoms with van der Waals surface area (Å²) >= 11 is 0. The van der Waals surface area contributed by atoms with Crippen molar-refractivity contribution in [1.82, 2.24) is 40.5 Å². The van der Waals surface area contributed by atoms with Crippen molar-refractivity contribution in [2.45, 2.75) is 81.8 Å². The van der Waals surface area contributed by atoms with E-state index in [4.69, 9.17) is 19.8 Å². The van der Waals surface area contributed by atoms with E-state index in [1.54, 1.807) is 48.8 Å². The number of carbonyl (C=O) groups excluding carboxylic acids is 3. The number of likely N-dealkylation sites (tertiary alicyclic amines) is 1. The third kappa shape index (κ3) is 12.7. The zero-order chi connectivity index (χ0) is 55.3. The second-order valence-electron chi connectivity index (χ2n) is 21.4. The molecule has 2 aromatic heterocycles. The summed E-state index contributed by atoms with van der Waals surface area (Å²) < 4.78 is 35.7. The minimum absolute atomic E-state index is 0.120. The molecule has 6 aromatic rings. The third-order valence-corrected chi connectivity index (χ3v) is 15.6. The Morgan fingerprint density at radius 2 is 1.56 bits per heavy atom. The van der Waals surface area contributed by atoms with Crippen LogP contribution in [0.25, 0.3) is 28.2 Å². The molecule has 4 aliphatic rings. The molecule has 3 amide bonds. The van der Waals surface area contributed by atoms with Crippen LogP contribution >= 0.6 is 0 Å². The van der Waals surface area contributed by atoms with Gasteiger partial charge in [-0.15, -0.1) is 0 Å². The lowest BCUT2D eigenvalue weighted by Gasteiger charge is -2.42. The van der Waals surface area contributed by atoms with Gasteiger partial charge in [-0.05, 0) is 97.0 Å². The number of aliphatic imine (C=N–C) groups is 1. The third-order valence-electron chi connectivity index (χ3n) is 15.6. The van der Waals surface area contributed by atoms with Crippen LogP contribution < -0.4 is 21.3 Å². The molecule has 4 aromatic carbocycles. The van der Waals surface area contributed by atoms with Crippen molar-refractivity contribution < 1.29 is 33.0 Å². The minimum Gasteiger partial charge on any atom is -0.388 e. The number of carbonyl (C=O) groups is 3. The maximum Gasteiger partial charge on any atom is 0.256 e. The number of benzene rings is 4. The fourth-order valence-corrected chi connectivity index (χ4v) is 10.9. The first kappa shape index (κ1) is 54.5. The number of pyridine rings is 1. The smallest absolute Gasteiger partial charge is 0.256 e. The van der Waals surface area contributed by atoms with E-state index in [9.17, 15) is 28.3 Å². The highest BCUT2D eigenvalue weighted by Crippen LogP contribution is 2.50. The number of nitrogens with one attached hydrogen (secondary N) is 4. The van der Waals surface area contributed by atoms with E-state index in [0.29, 0.717) is 90.5 Å². The Bertz CT molecular complexity index is 3290. The van der Waals surface area contributed by atoms with Crippen LogP contribution in [-0.4, -0.2) is 118 Å². The number of halogens is 2. The van der Waals surface area contributed by atoms with Crippen molar-refractivity contribution in [3.05, 3.63) is 173 Å². The number of anilines is 1. The molecule has 0 spiro atoms. The first-order chi connectivity index (χ1) is 38.0. The molecule has 410 valence electrons. The average molecular weight is 1070 g/mol. The number of aryl methyl sites for hydroxylation is 3.